The van der Waals surface area contributed by atoms with Crippen LogP contribution in [0, 0.1) is 0 Å². The van der Waals surface area contributed by atoms with E-state index in [1.54, 1.807) is 0 Å². The fourth-order valence-corrected chi connectivity index (χ4v) is 7.05. The third-order valence-corrected chi connectivity index (χ3v) is 8.77. The number of para-hydroxylation sites is 2. The van der Waals surface area contributed by atoms with Crippen LogP contribution in [-0.4, -0.2) is 14.5 Å². The Kier molecular flexibility index (Phi) is 4.18. The molecule has 0 saturated heterocycles. The maximum Gasteiger partial charge on any atom is 0.236 e. The molecule has 4 heterocycles. The molecule has 0 aliphatic heterocycles. The summed E-state index contributed by atoms with van der Waals surface area (Å²) in [6.45, 7) is 0. The highest BCUT2D eigenvalue weighted by Crippen LogP contribution is 2.43. The van der Waals surface area contributed by atoms with Crippen LogP contribution in [0.5, 0.6) is 0 Å². The molecule has 0 aliphatic rings. The topological polar surface area (TPSA) is 43.9 Å². The molecule has 0 N–H and O–H groups in total. The first-order valence-electron chi connectivity index (χ1n) is 12.9. The van der Waals surface area contributed by atoms with Crippen molar-refractivity contribution in [1.82, 2.24) is 14.5 Å². The number of furan rings is 1. The van der Waals surface area contributed by atoms with Crippen molar-refractivity contribution in [1.29, 1.82) is 0 Å². The number of nitrogens with zero attached hydrogens (tertiary/aromatic N) is 3. The second-order valence-electron chi connectivity index (χ2n) is 9.80. The van der Waals surface area contributed by atoms with Gasteiger partial charge in [0.15, 0.2) is 5.58 Å². The van der Waals surface area contributed by atoms with Crippen molar-refractivity contribution in [2.45, 2.75) is 0 Å². The van der Waals surface area contributed by atoms with Crippen molar-refractivity contribution in [3.8, 4) is 17.2 Å². The average molecular weight is 518 g/mol. The standard InChI is InChI=1S/C34H19N3OS/c1-2-10-20(11-3-1)30-33-31(23-13-5-8-16-26(23)38-33)36-34(35-30)37-25-15-7-4-12-21(25)22-18-19-28-29(32(22)37)24-14-6-9-17-27(24)39-28/h1-19H. The average Bonchev–Trinajstić information content (AvgIpc) is 3.66. The van der Waals surface area contributed by atoms with Gasteiger partial charge < -0.3 is 4.42 Å². The molecular formula is C34H19N3OS. The summed E-state index contributed by atoms with van der Waals surface area (Å²) < 4.78 is 11.2. The van der Waals surface area contributed by atoms with E-state index in [2.05, 4.69) is 83.4 Å². The molecule has 5 heteroatoms. The summed E-state index contributed by atoms with van der Waals surface area (Å²) >= 11 is 1.83. The molecule has 0 aliphatic carbocycles. The molecule has 0 unspecified atom stereocenters. The van der Waals surface area contributed by atoms with Gasteiger partial charge >= 0.3 is 0 Å². The zero-order valence-corrected chi connectivity index (χ0v) is 21.4. The molecule has 39 heavy (non-hydrogen) atoms. The van der Waals surface area contributed by atoms with E-state index in [0.717, 1.165) is 38.8 Å². The number of fused-ring (bicyclic) bond motifs is 10. The van der Waals surface area contributed by atoms with Gasteiger partial charge in [-0.1, -0.05) is 84.9 Å². The smallest absolute Gasteiger partial charge is 0.236 e. The molecule has 0 fully saturated rings. The molecule has 0 atom stereocenters. The van der Waals surface area contributed by atoms with Gasteiger partial charge in [-0.05, 0) is 30.3 Å². The van der Waals surface area contributed by atoms with Gasteiger partial charge in [0.1, 0.15) is 16.8 Å². The molecule has 182 valence electrons. The van der Waals surface area contributed by atoms with E-state index in [9.17, 15) is 0 Å². The van der Waals surface area contributed by atoms with Gasteiger partial charge in [-0.15, -0.1) is 11.3 Å². The molecule has 4 nitrogen and oxygen atoms in total. The van der Waals surface area contributed by atoms with Gasteiger partial charge in [0, 0.05) is 41.9 Å². The van der Waals surface area contributed by atoms with Crippen LogP contribution in [-0.2, 0) is 0 Å². The molecule has 5 aromatic carbocycles. The van der Waals surface area contributed by atoms with Crippen molar-refractivity contribution >= 4 is 75.4 Å². The van der Waals surface area contributed by atoms with Crippen molar-refractivity contribution in [2.24, 2.45) is 0 Å². The zero-order valence-electron chi connectivity index (χ0n) is 20.6. The predicted molar refractivity (Wildman–Crippen MR) is 162 cm³/mol. The van der Waals surface area contributed by atoms with E-state index in [1.807, 2.05) is 47.7 Å². The predicted octanol–water partition coefficient (Wildman–Crippen LogP) is 9.51. The van der Waals surface area contributed by atoms with Crippen LogP contribution in [0.1, 0.15) is 0 Å². The van der Waals surface area contributed by atoms with Gasteiger partial charge in [0.25, 0.3) is 0 Å². The SMILES string of the molecule is c1ccc(-c2nc(-n3c4ccccc4c4ccc5sc6ccccc6c5c43)nc3c2oc2ccccc23)cc1. The summed E-state index contributed by atoms with van der Waals surface area (Å²) in [5.41, 5.74) is 6.35. The minimum Gasteiger partial charge on any atom is -0.452 e. The van der Waals surface area contributed by atoms with Crippen molar-refractivity contribution in [3.05, 3.63) is 115 Å². The zero-order chi connectivity index (χ0) is 25.5. The fourth-order valence-electron chi connectivity index (χ4n) is 5.94. The monoisotopic (exact) mass is 517 g/mol. The third kappa shape index (κ3) is 2.88. The van der Waals surface area contributed by atoms with Crippen molar-refractivity contribution in [3.63, 3.8) is 0 Å². The summed E-state index contributed by atoms with van der Waals surface area (Å²) in [6.07, 6.45) is 0. The van der Waals surface area contributed by atoms with Crippen LogP contribution < -0.4 is 0 Å². The van der Waals surface area contributed by atoms with Crippen LogP contribution in [0.25, 0.3) is 81.3 Å². The summed E-state index contributed by atoms with van der Waals surface area (Å²) in [5.74, 6) is 0.641. The van der Waals surface area contributed by atoms with Crippen molar-refractivity contribution < 1.29 is 4.42 Å². The molecule has 9 rings (SSSR count). The van der Waals surface area contributed by atoms with Crippen LogP contribution in [0.2, 0.25) is 0 Å². The molecule has 0 amide bonds. The van der Waals surface area contributed by atoms with Crippen LogP contribution in [0.3, 0.4) is 0 Å². The van der Waals surface area contributed by atoms with Gasteiger partial charge in [0.2, 0.25) is 5.95 Å². The van der Waals surface area contributed by atoms with Gasteiger partial charge in [-0.25, -0.2) is 9.97 Å². The van der Waals surface area contributed by atoms with E-state index in [0.29, 0.717) is 11.5 Å². The first-order chi connectivity index (χ1) is 19.3. The molecule has 4 aromatic heterocycles. The molecular weight excluding hydrogens is 498 g/mol. The number of aromatic nitrogens is 3. The molecule has 0 radical (unpaired) electrons. The molecule has 0 saturated carbocycles. The highest BCUT2D eigenvalue weighted by atomic mass is 32.1. The minimum absolute atomic E-state index is 0.641. The fraction of sp³-hybridized carbons (Fsp3) is 0. The lowest BCUT2D eigenvalue weighted by Crippen LogP contribution is -2.03. The lowest BCUT2D eigenvalue weighted by Gasteiger charge is -2.10. The number of benzene rings is 5. The summed E-state index contributed by atoms with van der Waals surface area (Å²) in [5, 5.41) is 5.87. The van der Waals surface area contributed by atoms with E-state index in [4.69, 9.17) is 14.4 Å². The lowest BCUT2D eigenvalue weighted by atomic mass is 10.1. The number of hydrogen-bond acceptors (Lipinski definition) is 4. The Balaban J connectivity index is 1.51. The highest BCUT2D eigenvalue weighted by Gasteiger charge is 2.22. The highest BCUT2D eigenvalue weighted by molar-refractivity contribution is 7.26. The van der Waals surface area contributed by atoms with Crippen LogP contribution >= 0.6 is 11.3 Å². The summed E-state index contributed by atoms with van der Waals surface area (Å²) in [7, 11) is 0. The van der Waals surface area contributed by atoms with Crippen molar-refractivity contribution in [2.75, 3.05) is 0 Å². The Labute approximate surface area is 226 Å². The van der Waals surface area contributed by atoms with Gasteiger partial charge in [-0.3, -0.25) is 4.57 Å². The Bertz CT molecular complexity index is 2400. The Morgan fingerprint density at radius 2 is 1.33 bits per heavy atom. The number of thiophene rings is 1. The maximum absolute atomic E-state index is 6.37. The Hall–Kier alpha value is -5.00. The number of rotatable bonds is 2. The van der Waals surface area contributed by atoms with E-state index < -0.39 is 0 Å². The summed E-state index contributed by atoms with van der Waals surface area (Å²) in [6, 6.07) is 40.0. The van der Waals surface area contributed by atoms with Crippen LogP contribution in [0.4, 0.5) is 0 Å². The first-order valence-corrected chi connectivity index (χ1v) is 13.8. The molecule has 0 spiro atoms. The second-order valence-corrected chi connectivity index (χ2v) is 10.9. The summed E-state index contributed by atoms with van der Waals surface area (Å²) in [4.78, 5) is 10.5. The normalized spacial score (nSPS) is 12.1. The molecule has 9 aromatic rings. The van der Waals surface area contributed by atoms with E-state index in [-0.39, 0.29) is 0 Å². The van der Waals surface area contributed by atoms with E-state index >= 15 is 0 Å². The van der Waals surface area contributed by atoms with E-state index in [1.165, 1.54) is 30.9 Å². The Morgan fingerprint density at radius 1 is 0.590 bits per heavy atom. The van der Waals surface area contributed by atoms with Gasteiger partial charge in [0.05, 0.1) is 11.0 Å². The first kappa shape index (κ1) is 21.0. The van der Waals surface area contributed by atoms with Crippen LogP contribution in [0.15, 0.2) is 120 Å². The lowest BCUT2D eigenvalue weighted by molar-refractivity contribution is 0.666. The largest absolute Gasteiger partial charge is 0.452 e. The Morgan fingerprint density at radius 3 is 2.23 bits per heavy atom. The maximum atomic E-state index is 6.37. The van der Waals surface area contributed by atoms with Gasteiger partial charge in [-0.2, -0.15) is 0 Å². The third-order valence-electron chi connectivity index (χ3n) is 7.63. The number of hydrogen-bond donors (Lipinski definition) is 0. The molecule has 0 bridgehead atoms. The second kappa shape index (κ2) is 7.76. The minimum atomic E-state index is 0.641. The quantitative estimate of drug-likeness (QED) is 0.229.